The molecule has 36 heavy (non-hydrogen) atoms. The maximum atomic E-state index is 12.6. The summed E-state index contributed by atoms with van der Waals surface area (Å²) in [4.78, 5) is 17.7. The van der Waals surface area contributed by atoms with Gasteiger partial charge in [-0.05, 0) is 104 Å². The van der Waals surface area contributed by atoms with E-state index in [4.69, 9.17) is 44.3 Å². The first kappa shape index (κ1) is 27.4. The summed E-state index contributed by atoms with van der Waals surface area (Å²) < 4.78 is 12.9. The predicted octanol–water partition coefficient (Wildman–Crippen LogP) is 8.96. The van der Waals surface area contributed by atoms with E-state index in [1.165, 1.54) is 11.8 Å². The van der Waals surface area contributed by atoms with Crippen LogP contribution in [0, 0.1) is 6.92 Å². The van der Waals surface area contributed by atoms with Gasteiger partial charge in [-0.25, -0.2) is 4.99 Å². The van der Waals surface area contributed by atoms with Crippen molar-refractivity contribution in [1.82, 2.24) is 5.32 Å². The lowest BCUT2D eigenvalue weighted by atomic mass is 10.1. The maximum Gasteiger partial charge on any atom is 0.264 e. The molecule has 0 unspecified atom stereocenters. The van der Waals surface area contributed by atoms with E-state index in [1.807, 2.05) is 25.1 Å². The van der Waals surface area contributed by atoms with Crippen molar-refractivity contribution >= 4 is 101 Å². The van der Waals surface area contributed by atoms with Crippen molar-refractivity contribution < 1.29 is 14.3 Å². The minimum absolute atomic E-state index is 0.250. The predicted molar refractivity (Wildman–Crippen MR) is 156 cm³/mol. The first-order valence-corrected chi connectivity index (χ1v) is 13.9. The van der Waals surface area contributed by atoms with Gasteiger partial charge in [-0.15, -0.1) is 0 Å². The van der Waals surface area contributed by atoms with Crippen LogP contribution in [0.25, 0.3) is 6.08 Å². The molecule has 0 radical (unpaired) electrons. The van der Waals surface area contributed by atoms with Crippen LogP contribution >= 0.6 is 78.4 Å². The molecule has 1 saturated heterocycles. The van der Waals surface area contributed by atoms with E-state index in [-0.39, 0.29) is 12.5 Å². The summed E-state index contributed by atoms with van der Waals surface area (Å²) in [5.41, 5.74) is 3.10. The number of rotatable bonds is 6. The van der Waals surface area contributed by atoms with Crippen LogP contribution in [0.3, 0.4) is 0 Å². The fraction of sp³-hybridized carbons (Fsp3) is 0.120. The Bertz CT molecular complexity index is 1430. The van der Waals surface area contributed by atoms with Crippen molar-refractivity contribution in [2.75, 3.05) is 7.11 Å². The molecule has 3 aromatic rings. The van der Waals surface area contributed by atoms with Gasteiger partial charge >= 0.3 is 0 Å². The molecule has 1 heterocycles. The van der Waals surface area contributed by atoms with Crippen LogP contribution in [-0.4, -0.2) is 18.2 Å². The Labute approximate surface area is 244 Å². The number of benzene rings is 3. The normalized spacial score (nSPS) is 15.5. The number of hydrogen-bond acceptors (Lipinski definition) is 5. The molecule has 4 rings (SSSR count). The third kappa shape index (κ3) is 6.06. The molecule has 0 aliphatic carbocycles. The summed E-state index contributed by atoms with van der Waals surface area (Å²) in [5.74, 6) is 0.740. The van der Waals surface area contributed by atoms with Gasteiger partial charge in [0.05, 0.1) is 32.2 Å². The number of nitrogens with one attached hydrogen (secondary N) is 1. The van der Waals surface area contributed by atoms with E-state index in [0.717, 1.165) is 16.7 Å². The Balaban J connectivity index is 1.60. The first-order chi connectivity index (χ1) is 17.2. The highest BCUT2D eigenvalue weighted by Gasteiger charge is 2.25. The molecule has 186 valence electrons. The van der Waals surface area contributed by atoms with Crippen molar-refractivity contribution in [2.45, 2.75) is 13.5 Å². The largest absolute Gasteiger partial charge is 0.493 e. The highest BCUT2D eigenvalue weighted by atomic mass is 79.9. The van der Waals surface area contributed by atoms with Crippen LogP contribution in [0.4, 0.5) is 5.69 Å². The number of thioether (sulfide) groups is 1. The number of methoxy groups -OCH3 is 1. The fourth-order valence-electron chi connectivity index (χ4n) is 3.23. The van der Waals surface area contributed by atoms with Gasteiger partial charge in [0, 0.05) is 9.50 Å². The Hall–Kier alpha value is -1.68. The smallest absolute Gasteiger partial charge is 0.264 e. The number of halogens is 5. The summed E-state index contributed by atoms with van der Waals surface area (Å²) in [7, 11) is 1.55. The minimum Gasteiger partial charge on any atom is -0.493 e. The molecule has 0 bridgehead atoms. The second-order valence-corrected chi connectivity index (χ2v) is 11.4. The highest BCUT2D eigenvalue weighted by molar-refractivity contribution is 9.13. The zero-order valence-electron chi connectivity index (χ0n) is 18.8. The molecular formula is C25H17Br2Cl3N2O3S. The molecule has 1 amide bonds. The molecule has 0 saturated carbocycles. The molecule has 5 nitrogen and oxygen atoms in total. The lowest BCUT2D eigenvalue weighted by molar-refractivity contribution is -0.115. The third-order valence-corrected chi connectivity index (χ3v) is 9.34. The molecule has 11 heteroatoms. The van der Waals surface area contributed by atoms with Gasteiger partial charge in [0.2, 0.25) is 0 Å². The fourth-order valence-corrected chi connectivity index (χ4v) is 5.49. The molecule has 0 atom stereocenters. The number of carbonyl (C=O) groups excluding carboxylic acids is 1. The van der Waals surface area contributed by atoms with Crippen molar-refractivity contribution in [3.05, 3.63) is 88.1 Å². The lowest BCUT2D eigenvalue weighted by Gasteiger charge is -2.16. The zero-order valence-corrected chi connectivity index (χ0v) is 25.1. The van der Waals surface area contributed by atoms with Gasteiger partial charge in [0.15, 0.2) is 16.7 Å². The summed E-state index contributed by atoms with van der Waals surface area (Å²) in [6, 6.07) is 12.6. The first-order valence-electron chi connectivity index (χ1n) is 10.3. The van der Waals surface area contributed by atoms with E-state index in [9.17, 15) is 4.79 Å². The second kappa shape index (κ2) is 11.8. The van der Waals surface area contributed by atoms with Gasteiger partial charge in [0.25, 0.3) is 5.91 Å². The molecule has 1 aliphatic heterocycles. The van der Waals surface area contributed by atoms with Crippen LogP contribution in [0.5, 0.6) is 11.5 Å². The van der Waals surface area contributed by atoms with Crippen LogP contribution in [0.1, 0.15) is 16.7 Å². The molecule has 0 spiro atoms. The molecule has 1 fully saturated rings. The van der Waals surface area contributed by atoms with Crippen LogP contribution in [0.2, 0.25) is 15.1 Å². The Morgan fingerprint density at radius 3 is 2.56 bits per heavy atom. The summed E-state index contributed by atoms with van der Waals surface area (Å²) in [6.07, 6.45) is 1.76. The monoisotopic (exact) mass is 688 g/mol. The van der Waals surface area contributed by atoms with Gasteiger partial charge in [-0.1, -0.05) is 46.9 Å². The van der Waals surface area contributed by atoms with Gasteiger partial charge in [0.1, 0.15) is 6.61 Å². The van der Waals surface area contributed by atoms with Gasteiger partial charge < -0.3 is 14.8 Å². The SMILES string of the molecule is COc1cc(/C=C2\SC(=Nc3cccc(Cl)c3C)NC2=O)c(Br)c(Br)c1OCc1ccc(Cl)c(Cl)c1. The number of ether oxygens (including phenoxy) is 2. The van der Waals surface area contributed by atoms with Crippen LogP contribution < -0.4 is 14.8 Å². The summed E-state index contributed by atoms with van der Waals surface area (Å²) in [6.45, 7) is 2.13. The Kier molecular flexibility index (Phi) is 8.96. The minimum atomic E-state index is -0.250. The van der Waals surface area contributed by atoms with Crippen molar-refractivity contribution in [2.24, 2.45) is 4.99 Å². The highest BCUT2D eigenvalue weighted by Crippen LogP contribution is 2.44. The number of nitrogens with zero attached hydrogens (tertiary/aromatic N) is 1. The number of hydrogen-bond donors (Lipinski definition) is 1. The van der Waals surface area contributed by atoms with Gasteiger partial charge in [-0.3, -0.25) is 4.79 Å². The van der Waals surface area contributed by atoms with E-state index in [2.05, 4.69) is 42.2 Å². The molecular weight excluding hydrogens is 675 g/mol. The third-order valence-electron chi connectivity index (χ3n) is 5.14. The van der Waals surface area contributed by atoms with Crippen molar-refractivity contribution in [1.29, 1.82) is 0 Å². The zero-order chi connectivity index (χ0) is 26.0. The summed E-state index contributed by atoms with van der Waals surface area (Å²) in [5, 5.41) is 4.82. The van der Waals surface area contributed by atoms with Crippen LogP contribution in [-0.2, 0) is 11.4 Å². The number of aliphatic imine (C=N–C) groups is 1. The standard InChI is InChI=1S/C25H17Br2Cl3N2O3S/c1-12-15(28)4-3-5-18(12)31-25-32-24(33)20(36-25)10-14-9-19(34-2)23(22(27)21(14)26)35-11-13-6-7-16(29)17(30)8-13/h3-10H,11H2,1-2H3,(H,31,32,33)/b20-10-. The quantitative estimate of drug-likeness (QED) is 0.262. The number of amidine groups is 1. The van der Waals surface area contributed by atoms with Crippen molar-refractivity contribution in [3.63, 3.8) is 0 Å². The second-order valence-electron chi connectivity index (χ2n) is 7.53. The number of carbonyl (C=O) groups is 1. The van der Waals surface area contributed by atoms with Crippen LogP contribution in [0.15, 0.2) is 61.3 Å². The topological polar surface area (TPSA) is 59.9 Å². The average molecular weight is 692 g/mol. The Morgan fingerprint density at radius 2 is 1.83 bits per heavy atom. The van der Waals surface area contributed by atoms with E-state index < -0.39 is 0 Å². The van der Waals surface area contributed by atoms with Crippen molar-refractivity contribution in [3.8, 4) is 11.5 Å². The number of amides is 1. The Morgan fingerprint density at radius 1 is 1.06 bits per heavy atom. The molecule has 0 aromatic heterocycles. The van der Waals surface area contributed by atoms with E-state index in [1.54, 1.807) is 37.5 Å². The van der Waals surface area contributed by atoms with E-state index >= 15 is 0 Å². The van der Waals surface area contributed by atoms with Gasteiger partial charge in [-0.2, -0.15) is 0 Å². The average Bonchev–Trinajstić information content (AvgIpc) is 3.19. The molecule has 1 aliphatic rings. The maximum absolute atomic E-state index is 12.6. The van der Waals surface area contributed by atoms with E-state index in [0.29, 0.717) is 51.3 Å². The molecule has 3 aromatic carbocycles. The molecule has 1 N–H and O–H groups in total. The lowest BCUT2D eigenvalue weighted by Crippen LogP contribution is -2.19. The summed E-state index contributed by atoms with van der Waals surface area (Å²) >= 11 is 26.7.